The minimum Gasteiger partial charge on any atom is -0.457 e. The van der Waals surface area contributed by atoms with Gasteiger partial charge in [0.05, 0.1) is 15.6 Å². The Morgan fingerprint density at radius 2 is 1.77 bits per heavy atom. The van der Waals surface area contributed by atoms with Crippen molar-refractivity contribution >= 4 is 46.9 Å². The lowest BCUT2D eigenvalue weighted by Crippen LogP contribution is -2.54. The van der Waals surface area contributed by atoms with Crippen LogP contribution in [-0.4, -0.2) is 22.8 Å². The Balaban J connectivity index is 1.69. The minimum absolute atomic E-state index is 0.124. The van der Waals surface area contributed by atoms with Crippen molar-refractivity contribution in [3.05, 3.63) is 87.1 Å². The van der Waals surface area contributed by atoms with E-state index in [1.165, 1.54) is 36.4 Å². The number of amides is 4. The number of anilines is 1. The van der Waals surface area contributed by atoms with Crippen molar-refractivity contribution in [3.8, 4) is 11.3 Å². The quantitative estimate of drug-likeness (QED) is 0.283. The lowest BCUT2D eigenvalue weighted by atomic mass is 10.1. The molecule has 0 radical (unpaired) electrons. The van der Waals surface area contributed by atoms with Crippen molar-refractivity contribution in [1.82, 2.24) is 5.32 Å². The molecule has 4 rings (SSSR count). The van der Waals surface area contributed by atoms with Crippen LogP contribution in [0.3, 0.4) is 0 Å². The monoisotopic (exact) mass is 437 g/mol. The second-order valence-electron chi connectivity index (χ2n) is 6.42. The molecule has 31 heavy (non-hydrogen) atoms. The fourth-order valence-corrected chi connectivity index (χ4v) is 3.21. The third-order valence-corrected chi connectivity index (χ3v) is 4.79. The standard InChI is InChI=1S/C21H12ClN3O6/c22-17-8-6-13(25(29)30)10-15(17)18-9-7-14(31-18)11-16-19(26)23-21(28)24(20(16)27)12-4-2-1-3-5-12/h1-11H,(H,23,26,28). The fourth-order valence-electron chi connectivity index (χ4n) is 3.00. The van der Waals surface area contributed by atoms with E-state index in [1.54, 1.807) is 30.3 Å². The van der Waals surface area contributed by atoms with Crippen LogP contribution in [0.25, 0.3) is 17.4 Å². The first-order chi connectivity index (χ1) is 14.8. The molecule has 1 N–H and O–H groups in total. The number of nitro benzene ring substituents is 1. The minimum atomic E-state index is -0.867. The van der Waals surface area contributed by atoms with Gasteiger partial charge in [0.25, 0.3) is 17.5 Å². The number of imide groups is 2. The second-order valence-corrected chi connectivity index (χ2v) is 6.82. The summed E-state index contributed by atoms with van der Waals surface area (Å²) in [5.41, 5.74) is 0.0944. The van der Waals surface area contributed by atoms with Gasteiger partial charge in [-0.1, -0.05) is 29.8 Å². The number of nitrogens with zero attached hydrogens (tertiary/aromatic N) is 2. The van der Waals surface area contributed by atoms with Gasteiger partial charge in [-0.15, -0.1) is 0 Å². The summed E-state index contributed by atoms with van der Waals surface area (Å²) in [7, 11) is 0. The summed E-state index contributed by atoms with van der Waals surface area (Å²) in [6.07, 6.45) is 1.19. The molecule has 4 amide bonds. The van der Waals surface area contributed by atoms with Crippen molar-refractivity contribution in [2.45, 2.75) is 0 Å². The molecule has 2 heterocycles. The zero-order chi connectivity index (χ0) is 22.1. The Kier molecular flexibility index (Phi) is 5.10. The number of para-hydroxylation sites is 1. The van der Waals surface area contributed by atoms with Crippen LogP contribution < -0.4 is 10.2 Å². The molecule has 0 spiro atoms. The van der Waals surface area contributed by atoms with Crippen LogP contribution in [0.2, 0.25) is 5.02 Å². The number of urea groups is 1. The first-order valence-electron chi connectivity index (χ1n) is 8.86. The molecule has 1 fully saturated rings. The molecule has 1 saturated heterocycles. The van der Waals surface area contributed by atoms with Crippen LogP contribution in [0.5, 0.6) is 0 Å². The number of benzene rings is 2. The van der Waals surface area contributed by atoms with Gasteiger partial charge in [0.2, 0.25) is 0 Å². The molecule has 3 aromatic rings. The molecule has 10 heteroatoms. The largest absolute Gasteiger partial charge is 0.457 e. The van der Waals surface area contributed by atoms with Crippen LogP contribution in [0, 0.1) is 10.1 Å². The normalized spacial score (nSPS) is 15.3. The number of nitro groups is 1. The maximum Gasteiger partial charge on any atom is 0.335 e. The molecule has 0 atom stereocenters. The van der Waals surface area contributed by atoms with E-state index in [0.717, 1.165) is 4.90 Å². The number of hydrogen-bond acceptors (Lipinski definition) is 6. The number of carbonyl (C=O) groups is 3. The van der Waals surface area contributed by atoms with Crippen LogP contribution in [0.1, 0.15) is 5.76 Å². The summed E-state index contributed by atoms with van der Waals surface area (Å²) >= 11 is 6.13. The molecule has 0 bridgehead atoms. The van der Waals surface area contributed by atoms with E-state index in [9.17, 15) is 24.5 Å². The maximum atomic E-state index is 12.8. The molecular formula is C21H12ClN3O6. The molecule has 1 aromatic heterocycles. The van der Waals surface area contributed by atoms with Gasteiger partial charge in [-0.2, -0.15) is 0 Å². The SMILES string of the molecule is O=C1NC(=O)N(c2ccccc2)C(=O)C1=Cc1ccc(-c2cc([N+](=O)[O-])ccc2Cl)o1. The van der Waals surface area contributed by atoms with Crippen LogP contribution in [0.15, 0.2) is 70.7 Å². The molecule has 0 aliphatic carbocycles. The van der Waals surface area contributed by atoms with Gasteiger partial charge in [0.15, 0.2) is 0 Å². The average molecular weight is 438 g/mol. The highest BCUT2D eigenvalue weighted by Crippen LogP contribution is 2.33. The van der Waals surface area contributed by atoms with E-state index in [4.69, 9.17) is 16.0 Å². The summed E-state index contributed by atoms with van der Waals surface area (Å²) in [6.45, 7) is 0. The topological polar surface area (TPSA) is 123 Å². The first-order valence-corrected chi connectivity index (χ1v) is 9.23. The zero-order valence-electron chi connectivity index (χ0n) is 15.6. The summed E-state index contributed by atoms with van der Waals surface area (Å²) in [6, 6.07) is 14.1. The molecule has 0 saturated carbocycles. The molecule has 0 unspecified atom stereocenters. The Bertz CT molecular complexity index is 1270. The van der Waals surface area contributed by atoms with Crippen LogP contribution >= 0.6 is 11.6 Å². The number of nitrogens with one attached hydrogen (secondary N) is 1. The Morgan fingerprint density at radius 3 is 2.48 bits per heavy atom. The Labute approximate surface area is 179 Å². The summed E-state index contributed by atoms with van der Waals surface area (Å²) in [5, 5.41) is 13.4. The number of hydrogen-bond donors (Lipinski definition) is 1. The van der Waals surface area contributed by atoms with Crippen molar-refractivity contribution in [2.24, 2.45) is 0 Å². The van der Waals surface area contributed by atoms with Crippen LogP contribution in [-0.2, 0) is 9.59 Å². The number of carbonyl (C=O) groups excluding carboxylic acids is 3. The van der Waals surface area contributed by atoms with Crippen molar-refractivity contribution < 1.29 is 23.7 Å². The highest BCUT2D eigenvalue weighted by atomic mass is 35.5. The van der Waals surface area contributed by atoms with Crippen LogP contribution in [0.4, 0.5) is 16.2 Å². The molecule has 154 valence electrons. The average Bonchev–Trinajstić information content (AvgIpc) is 3.20. The van der Waals surface area contributed by atoms with E-state index in [1.807, 2.05) is 0 Å². The molecular weight excluding hydrogens is 426 g/mol. The lowest BCUT2D eigenvalue weighted by molar-refractivity contribution is -0.384. The van der Waals surface area contributed by atoms with Gasteiger partial charge < -0.3 is 4.42 Å². The van der Waals surface area contributed by atoms with E-state index < -0.39 is 22.8 Å². The van der Waals surface area contributed by atoms with Crippen molar-refractivity contribution in [3.63, 3.8) is 0 Å². The smallest absolute Gasteiger partial charge is 0.335 e. The molecule has 1 aliphatic rings. The Hall–Kier alpha value is -4.24. The first kappa shape index (κ1) is 20.0. The van der Waals surface area contributed by atoms with Crippen molar-refractivity contribution in [1.29, 1.82) is 0 Å². The number of rotatable bonds is 4. The number of halogens is 1. The van der Waals surface area contributed by atoms with Gasteiger partial charge in [-0.05, 0) is 36.4 Å². The maximum absolute atomic E-state index is 12.8. The predicted molar refractivity (Wildman–Crippen MR) is 111 cm³/mol. The van der Waals surface area contributed by atoms with E-state index >= 15 is 0 Å². The molecule has 9 nitrogen and oxygen atoms in total. The number of furan rings is 1. The molecule has 1 aliphatic heterocycles. The van der Waals surface area contributed by atoms with Gasteiger partial charge >= 0.3 is 6.03 Å². The summed E-state index contributed by atoms with van der Waals surface area (Å²) in [4.78, 5) is 48.6. The zero-order valence-corrected chi connectivity index (χ0v) is 16.3. The predicted octanol–water partition coefficient (Wildman–Crippen LogP) is 4.17. The molecule has 2 aromatic carbocycles. The van der Waals surface area contributed by atoms with E-state index in [-0.39, 0.29) is 33.4 Å². The highest BCUT2D eigenvalue weighted by Gasteiger charge is 2.37. The van der Waals surface area contributed by atoms with Gasteiger partial charge in [0.1, 0.15) is 17.1 Å². The third kappa shape index (κ3) is 3.81. The summed E-state index contributed by atoms with van der Waals surface area (Å²) in [5.74, 6) is -1.35. The van der Waals surface area contributed by atoms with E-state index in [2.05, 4.69) is 5.32 Å². The second kappa shape index (κ2) is 7.88. The third-order valence-electron chi connectivity index (χ3n) is 4.46. The Morgan fingerprint density at radius 1 is 1.03 bits per heavy atom. The number of non-ortho nitro benzene ring substituents is 1. The van der Waals surface area contributed by atoms with Gasteiger partial charge in [-0.3, -0.25) is 25.0 Å². The van der Waals surface area contributed by atoms with Gasteiger partial charge in [-0.25, -0.2) is 9.69 Å². The van der Waals surface area contributed by atoms with Crippen molar-refractivity contribution in [2.75, 3.05) is 4.90 Å². The fraction of sp³-hybridized carbons (Fsp3) is 0. The lowest BCUT2D eigenvalue weighted by Gasteiger charge is -2.26. The highest BCUT2D eigenvalue weighted by molar-refractivity contribution is 6.39. The van der Waals surface area contributed by atoms with Gasteiger partial charge in [0, 0.05) is 17.7 Å². The summed E-state index contributed by atoms with van der Waals surface area (Å²) < 4.78 is 5.63. The van der Waals surface area contributed by atoms with E-state index in [0.29, 0.717) is 5.69 Å². The number of barbiturate groups is 1.